The fraction of sp³-hybridized carbons (Fsp3) is 0.333. The van der Waals surface area contributed by atoms with Crippen molar-refractivity contribution in [1.82, 2.24) is 0 Å². The molecule has 0 bridgehead atoms. The van der Waals surface area contributed by atoms with Gasteiger partial charge < -0.3 is 15.7 Å². The fourth-order valence-electron chi connectivity index (χ4n) is 1.68. The van der Waals surface area contributed by atoms with Crippen molar-refractivity contribution in [3.63, 3.8) is 0 Å². The van der Waals surface area contributed by atoms with Crippen LogP contribution in [0.15, 0.2) is 24.3 Å². The van der Waals surface area contributed by atoms with Crippen LogP contribution >= 0.6 is 0 Å². The Morgan fingerprint density at radius 3 is 2.53 bits per heavy atom. The van der Waals surface area contributed by atoms with Crippen molar-refractivity contribution in [2.24, 2.45) is 5.73 Å². The maximum atomic E-state index is 11.3. The molecule has 0 saturated carbocycles. The van der Waals surface area contributed by atoms with Gasteiger partial charge in [0.25, 0.3) is 5.91 Å². The average molecular weight is 236 g/mol. The number of hydrogen-bond acceptors (Lipinski definition) is 3. The molecule has 0 radical (unpaired) electrons. The molecule has 92 valence electrons. The molecule has 0 fully saturated rings. The molecule has 1 amide bonds. The van der Waals surface area contributed by atoms with Gasteiger partial charge in [0.05, 0.1) is 11.3 Å². The second-order valence-corrected chi connectivity index (χ2v) is 3.70. The summed E-state index contributed by atoms with van der Waals surface area (Å²) in [4.78, 5) is 23.7. The number of hydrogen-bond donors (Lipinski definition) is 2. The van der Waals surface area contributed by atoms with Crippen LogP contribution in [0.5, 0.6) is 0 Å². The van der Waals surface area contributed by atoms with Gasteiger partial charge in [-0.3, -0.25) is 9.59 Å². The zero-order chi connectivity index (χ0) is 12.8. The van der Waals surface area contributed by atoms with Gasteiger partial charge in [-0.15, -0.1) is 0 Å². The molecule has 5 heteroatoms. The summed E-state index contributed by atoms with van der Waals surface area (Å²) in [5.41, 5.74) is 6.19. The van der Waals surface area contributed by atoms with Gasteiger partial charge in [0, 0.05) is 6.54 Å². The molecule has 1 aromatic rings. The number of rotatable bonds is 6. The van der Waals surface area contributed by atoms with Gasteiger partial charge in [0.1, 0.15) is 6.54 Å². The Labute approximate surface area is 99.8 Å². The average Bonchev–Trinajstić information content (AvgIpc) is 2.28. The van der Waals surface area contributed by atoms with E-state index in [4.69, 9.17) is 10.8 Å². The third-order valence-corrected chi connectivity index (χ3v) is 2.33. The number of benzene rings is 1. The Kier molecular flexibility index (Phi) is 4.51. The Bertz CT molecular complexity index is 418. The highest BCUT2D eigenvalue weighted by Crippen LogP contribution is 2.20. The molecule has 3 N–H and O–H groups in total. The quantitative estimate of drug-likeness (QED) is 0.774. The molecular formula is C12H16N2O3. The molecule has 5 nitrogen and oxygen atoms in total. The van der Waals surface area contributed by atoms with E-state index < -0.39 is 11.9 Å². The Hall–Kier alpha value is -2.04. The van der Waals surface area contributed by atoms with Crippen molar-refractivity contribution in [3.8, 4) is 0 Å². The van der Waals surface area contributed by atoms with Crippen LogP contribution in [0.2, 0.25) is 0 Å². The van der Waals surface area contributed by atoms with Gasteiger partial charge in [-0.05, 0) is 18.6 Å². The summed E-state index contributed by atoms with van der Waals surface area (Å²) in [7, 11) is 0. The SMILES string of the molecule is CCCN(CC(=O)O)c1ccccc1C(N)=O. The van der Waals surface area contributed by atoms with Crippen LogP contribution in [0.3, 0.4) is 0 Å². The number of carbonyl (C=O) groups is 2. The van der Waals surface area contributed by atoms with E-state index in [0.29, 0.717) is 17.8 Å². The van der Waals surface area contributed by atoms with Gasteiger partial charge in [-0.25, -0.2) is 0 Å². The first-order valence-electron chi connectivity index (χ1n) is 5.41. The van der Waals surface area contributed by atoms with Gasteiger partial charge in [-0.1, -0.05) is 19.1 Å². The predicted octanol–water partition coefficient (Wildman–Crippen LogP) is 1.09. The Balaban J connectivity index is 3.08. The number of carboxylic acid groups (broad SMARTS) is 1. The standard InChI is InChI=1S/C12H16N2O3/c1-2-7-14(8-11(15)16)10-6-4-3-5-9(10)12(13)17/h3-6H,2,7-8H2,1H3,(H2,13,17)(H,15,16). The van der Waals surface area contributed by atoms with Crippen LogP contribution in [-0.2, 0) is 4.79 Å². The number of aliphatic carboxylic acids is 1. The van der Waals surface area contributed by atoms with Crippen molar-refractivity contribution < 1.29 is 14.7 Å². The minimum Gasteiger partial charge on any atom is -0.480 e. The topological polar surface area (TPSA) is 83.6 Å². The summed E-state index contributed by atoms with van der Waals surface area (Å²) >= 11 is 0. The largest absolute Gasteiger partial charge is 0.480 e. The van der Waals surface area contributed by atoms with E-state index in [-0.39, 0.29) is 6.54 Å². The first-order chi connectivity index (χ1) is 8.06. The molecule has 0 aromatic heterocycles. The number of nitrogens with zero attached hydrogens (tertiary/aromatic N) is 1. The number of primary amides is 1. The lowest BCUT2D eigenvalue weighted by Crippen LogP contribution is -2.32. The van der Waals surface area contributed by atoms with E-state index in [0.717, 1.165) is 6.42 Å². The molecular weight excluding hydrogens is 220 g/mol. The van der Waals surface area contributed by atoms with Crippen molar-refractivity contribution in [2.45, 2.75) is 13.3 Å². The maximum Gasteiger partial charge on any atom is 0.323 e. The summed E-state index contributed by atoms with van der Waals surface area (Å²) in [6.07, 6.45) is 0.792. The van der Waals surface area contributed by atoms with Gasteiger partial charge in [0.15, 0.2) is 0 Å². The number of amides is 1. The van der Waals surface area contributed by atoms with Crippen LogP contribution in [0, 0.1) is 0 Å². The monoisotopic (exact) mass is 236 g/mol. The second-order valence-electron chi connectivity index (χ2n) is 3.70. The zero-order valence-electron chi connectivity index (χ0n) is 9.72. The van der Waals surface area contributed by atoms with E-state index in [1.54, 1.807) is 29.2 Å². The minimum atomic E-state index is -0.933. The van der Waals surface area contributed by atoms with Crippen LogP contribution in [0.25, 0.3) is 0 Å². The zero-order valence-corrected chi connectivity index (χ0v) is 9.72. The first-order valence-corrected chi connectivity index (χ1v) is 5.41. The Morgan fingerprint density at radius 2 is 2.00 bits per heavy atom. The number of carbonyl (C=O) groups excluding carboxylic acids is 1. The summed E-state index contributed by atoms with van der Waals surface area (Å²) in [5, 5.41) is 8.84. The van der Waals surface area contributed by atoms with Crippen molar-refractivity contribution in [2.75, 3.05) is 18.0 Å². The molecule has 0 saturated heterocycles. The van der Waals surface area contributed by atoms with Gasteiger partial charge >= 0.3 is 5.97 Å². The number of para-hydroxylation sites is 1. The van der Waals surface area contributed by atoms with Crippen LogP contribution < -0.4 is 10.6 Å². The van der Waals surface area contributed by atoms with E-state index >= 15 is 0 Å². The third kappa shape index (κ3) is 3.48. The molecule has 0 unspecified atom stereocenters. The summed E-state index contributed by atoms with van der Waals surface area (Å²) in [6.45, 7) is 2.37. The molecule has 1 rings (SSSR count). The lowest BCUT2D eigenvalue weighted by Gasteiger charge is -2.23. The van der Waals surface area contributed by atoms with Crippen LogP contribution in [-0.4, -0.2) is 30.1 Å². The highest BCUT2D eigenvalue weighted by atomic mass is 16.4. The molecule has 0 heterocycles. The highest BCUT2D eigenvalue weighted by molar-refractivity contribution is 5.99. The highest BCUT2D eigenvalue weighted by Gasteiger charge is 2.15. The molecule has 0 atom stereocenters. The number of carboxylic acids is 1. The van der Waals surface area contributed by atoms with E-state index in [9.17, 15) is 9.59 Å². The molecule has 0 aliphatic heterocycles. The normalized spacial score (nSPS) is 9.94. The van der Waals surface area contributed by atoms with E-state index in [1.165, 1.54) is 0 Å². The smallest absolute Gasteiger partial charge is 0.323 e. The van der Waals surface area contributed by atoms with Gasteiger partial charge in [-0.2, -0.15) is 0 Å². The second kappa shape index (κ2) is 5.89. The minimum absolute atomic E-state index is 0.141. The summed E-state index contributed by atoms with van der Waals surface area (Å²) in [6, 6.07) is 6.77. The fourth-order valence-corrected chi connectivity index (χ4v) is 1.68. The molecule has 0 spiro atoms. The summed E-state index contributed by atoms with van der Waals surface area (Å²) in [5.74, 6) is -1.48. The third-order valence-electron chi connectivity index (χ3n) is 2.33. The van der Waals surface area contributed by atoms with Crippen molar-refractivity contribution in [1.29, 1.82) is 0 Å². The molecule has 1 aromatic carbocycles. The maximum absolute atomic E-state index is 11.3. The summed E-state index contributed by atoms with van der Waals surface area (Å²) < 4.78 is 0. The van der Waals surface area contributed by atoms with Crippen molar-refractivity contribution >= 4 is 17.6 Å². The van der Waals surface area contributed by atoms with Gasteiger partial charge in [0.2, 0.25) is 0 Å². The molecule has 0 aliphatic carbocycles. The van der Waals surface area contributed by atoms with Crippen LogP contribution in [0.4, 0.5) is 5.69 Å². The number of nitrogens with two attached hydrogens (primary N) is 1. The van der Waals surface area contributed by atoms with Crippen LogP contribution in [0.1, 0.15) is 23.7 Å². The molecule has 17 heavy (non-hydrogen) atoms. The number of anilines is 1. The lowest BCUT2D eigenvalue weighted by molar-refractivity contribution is -0.135. The predicted molar refractivity (Wildman–Crippen MR) is 65.1 cm³/mol. The lowest BCUT2D eigenvalue weighted by atomic mass is 10.1. The van der Waals surface area contributed by atoms with E-state index in [2.05, 4.69) is 0 Å². The van der Waals surface area contributed by atoms with Crippen molar-refractivity contribution in [3.05, 3.63) is 29.8 Å². The first kappa shape index (κ1) is 13.0. The Morgan fingerprint density at radius 1 is 1.35 bits per heavy atom. The van der Waals surface area contributed by atoms with E-state index in [1.807, 2.05) is 6.92 Å². The molecule has 0 aliphatic rings.